The van der Waals surface area contributed by atoms with E-state index in [9.17, 15) is 14.0 Å². The second-order valence-electron chi connectivity index (χ2n) is 9.75. The standard InChI is InChI=1S/C27H32FN3O3/c1-19-22(5-3-6-24(19)30-13-15-34-16-14-30)26(33)31-17-23(20-8-10-21(28)11-9-20)27(18-31)12-4-7-25(32)29(27)2/h3,5-6,8-11,23H,4,7,12-18H2,1-2H3/t23-,27+/m0/s1. The van der Waals surface area contributed by atoms with E-state index in [2.05, 4.69) is 11.0 Å². The van der Waals surface area contributed by atoms with Crippen molar-refractivity contribution in [1.29, 1.82) is 0 Å². The second-order valence-corrected chi connectivity index (χ2v) is 9.75. The van der Waals surface area contributed by atoms with Crippen LogP contribution in [-0.4, -0.2) is 73.6 Å². The van der Waals surface area contributed by atoms with Crippen molar-refractivity contribution >= 4 is 17.5 Å². The number of halogens is 1. The number of nitrogens with zero attached hydrogens (tertiary/aromatic N) is 3. The van der Waals surface area contributed by atoms with Crippen molar-refractivity contribution in [1.82, 2.24) is 9.80 Å². The van der Waals surface area contributed by atoms with Crippen molar-refractivity contribution in [3.05, 3.63) is 65.0 Å². The fourth-order valence-corrected chi connectivity index (χ4v) is 6.06. The largest absolute Gasteiger partial charge is 0.378 e. The summed E-state index contributed by atoms with van der Waals surface area (Å²) in [4.78, 5) is 32.6. The molecule has 3 heterocycles. The van der Waals surface area contributed by atoms with Gasteiger partial charge in [0.25, 0.3) is 5.91 Å². The number of carbonyl (C=O) groups is 2. The summed E-state index contributed by atoms with van der Waals surface area (Å²) >= 11 is 0. The van der Waals surface area contributed by atoms with Crippen molar-refractivity contribution < 1.29 is 18.7 Å². The number of ether oxygens (including phenoxy) is 1. The number of morpholine rings is 1. The Hall–Kier alpha value is -2.93. The molecule has 34 heavy (non-hydrogen) atoms. The van der Waals surface area contributed by atoms with Gasteiger partial charge in [0.05, 0.1) is 18.8 Å². The van der Waals surface area contributed by atoms with Crippen LogP contribution >= 0.6 is 0 Å². The van der Waals surface area contributed by atoms with Gasteiger partial charge in [-0.3, -0.25) is 9.59 Å². The lowest BCUT2D eigenvalue weighted by Crippen LogP contribution is -2.57. The average Bonchev–Trinajstić information content (AvgIpc) is 3.23. The number of hydrogen-bond donors (Lipinski definition) is 0. The first kappa shape index (κ1) is 22.8. The maximum absolute atomic E-state index is 13.9. The number of likely N-dealkylation sites (tertiary alicyclic amines) is 2. The number of benzene rings is 2. The molecule has 3 aliphatic heterocycles. The van der Waals surface area contributed by atoms with Gasteiger partial charge < -0.3 is 19.4 Å². The Morgan fingerprint density at radius 2 is 1.85 bits per heavy atom. The molecule has 3 fully saturated rings. The third-order valence-electron chi connectivity index (χ3n) is 8.01. The Morgan fingerprint density at radius 1 is 1.12 bits per heavy atom. The highest BCUT2D eigenvalue weighted by Gasteiger charge is 2.53. The van der Waals surface area contributed by atoms with Crippen LogP contribution in [0.3, 0.4) is 0 Å². The minimum atomic E-state index is -0.474. The van der Waals surface area contributed by atoms with E-state index in [-0.39, 0.29) is 23.5 Å². The molecule has 3 saturated heterocycles. The van der Waals surface area contributed by atoms with Crippen LogP contribution in [0.1, 0.15) is 46.7 Å². The molecular formula is C27H32FN3O3. The topological polar surface area (TPSA) is 53.1 Å². The van der Waals surface area contributed by atoms with Crippen LogP contribution in [0, 0.1) is 12.7 Å². The van der Waals surface area contributed by atoms with E-state index in [1.165, 1.54) is 12.1 Å². The number of rotatable bonds is 3. The SMILES string of the molecule is Cc1c(C(=O)N2C[C@@H](c3ccc(F)cc3)[C@@]3(CCCC(=O)N3C)C2)cccc1N1CCOCC1. The van der Waals surface area contributed by atoms with Crippen molar-refractivity contribution in [3.63, 3.8) is 0 Å². The minimum Gasteiger partial charge on any atom is -0.378 e. The third kappa shape index (κ3) is 3.86. The van der Waals surface area contributed by atoms with Gasteiger partial charge in [-0.1, -0.05) is 18.2 Å². The highest BCUT2D eigenvalue weighted by molar-refractivity contribution is 5.97. The Morgan fingerprint density at radius 3 is 2.59 bits per heavy atom. The Bertz CT molecular complexity index is 1080. The molecule has 2 amide bonds. The average molecular weight is 466 g/mol. The van der Waals surface area contributed by atoms with Gasteiger partial charge in [-0.05, 0) is 55.2 Å². The number of piperidine rings is 1. The van der Waals surface area contributed by atoms with Gasteiger partial charge in [-0.2, -0.15) is 0 Å². The Balaban J connectivity index is 1.48. The first-order valence-electron chi connectivity index (χ1n) is 12.1. The zero-order valence-corrected chi connectivity index (χ0v) is 19.9. The molecule has 0 radical (unpaired) electrons. The molecule has 0 unspecified atom stereocenters. The first-order chi connectivity index (χ1) is 16.4. The molecule has 0 aliphatic carbocycles. The summed E-state index contributed by atoms with van der Waals surface area (Å²) in [7, 11) is 1.86. The van der Waals surface area contributed by atoms with E-state index >= 15 is 0 Å². The molecule has 2 aromatic rings. The molecule has 6 nitrogen and oxygen atoms in total. The van der Waals surface area contributed by atoms with Crippen molar-refractivity contribution in [2.75, 3.05) is 51.3 Å². The van der Waals surface area contributed by atoms with E-state index < -0.39 is 5.54 Å². The fourth-order valence-electron chi connectivity index (χ4n) is 6.06. The van der Waals surface area contributed by atoms with Gasteiger partial charge in [0.2, 0.25) is 5.91 Å². The number of likely N-dealkylation sites (N-methyl/N-ethyl adjacent to an activating group) is 1. The molecule has 0 bridgehead atoms. The van der Waals surface area contributed by atoms with Gasteiger partial charge in [0.15, 0.2) is 0 Å². The Labute approximate surface area is 200 Å². The zero-order valence-electron chi connectivity index (χ0n) is 19.9. The monoisotopic (exact) mass is 465 g/mol. The molecule has 2 aromatic carbocycles. The highest BCUT2D eigenvalue weighted by atomic mass is 19.1. The molecule has 7 heteroatoms. The lowest BCUT2D eigenvalue weighted by atomic mass is 9.75. The summed E-state index contributed by atoms with van der Waals surface area (Å²) in [6.45, 7) is 5.99. The fraction of sp³-hybridized carbons (Fsp3) is 0.481. The molecular weight excluding hydrogens is 433 g/mol. The molecule has 0 aromatic heterocycles. The second kappa shape index (κ2) is 9.02. The summed E-state index contributed by atoms with van der Waals surface area (Å²) in [5, 5.41) is 0. The van der Waals surface area contributed by atoms with E-state index in [1.54, 1.807) is 12.1 Å². The summed E-state index contributed by atoms with van der Waals surface area (Å²) in [6, 6.07) is 12.4. The predicted molar refractivity (Wildman–Crippen MR) is 129 cm³/mol. The van der Waals surface area contributed by atoms with E-state index in [0.29, 0.717) is 38.3 Å². The lowest BCUT2D eigenvalue weighted by Gasteiger charge is -2.46. The summed E-state index contributed by atoms with van der Waals surface area (Å²) in [5.41, 5.74) is 3.24. The van der Waals surface area contributed by atoms with Crippen molar-refractivity contribution in [3.8, 4) is 0 Å². The number of carbonyl (C=O) groups excluding carboxylic acids is 2. The number of hydrogen-bond acceptors (Lipinski definition) is 4. The Kier molecular flexibility index (Phi) is 6.06. The summed E-state index contributed by atoms with van der Waals surface area (Å²) in [6.07, 6.45) is 2.16. The van der Waals surface area contributed by atoms with Crippen molar-refractivity contribution in [2.24, 2.45) is 0 Å². The van der Waals surface area contributed by atoms with Crippen LogP contribution in [0.25, 0.3) is 0 Å². The van der Waals surface area contributed by atoms with Crippen LogP contribution in [0.4, 0.5) is 10.1 Å². The van der Waals surface area contributed by atoms with Crippen LogP contribution in [0.5, 0.6) is 0 Å². The van der Waals surface area contributed by atoms with Crippen LogP contribution in [0.2, 0.25) is 0 Å². The maximum atomic E-state index is 13.9. The smallest absolute Gasteiger partial charge is 0.254 e. The van der Waals surface area contributed by atoms with Gasteiger partial charge in [0, 0.05) is 56.8 Å². The predicted octanol–water partition coefficient (Wildman–Crippen LogP) is 3.59. The van der Waals surface area contributed by atoms with Crippen molar-refractivity contribution in [2.45, 2.75) is 37.6 Å². The molecule has 2 atom stereocenters. The molecule has 5 rings (SSSR count). The van der Waals surface area contributed by atoms with Gasteiger partial charge in [-0.15, -0.1) is 0 Å². The van der Waals surface area contributed by atoms with Gasteiger partial charge in [0.1, 0.15) is 5.82 Å². The third-order valence-corrected chi connectivity index (χ3v) is 8.01. The van der Waals surface area contributed by atoms with Crippen LogP contribution in [-0.2, 0) is 9.53 Å². The van der Waals surface area contributed by atoms with Gasteiger partial charge in [-0.25, -0.2) is 4.39 Å². The molecule has 180 valence electrons. The summed E-state index contributed by atoms with van der Waals surface area (Å²) in [5.74, 6) is -0.248. The molecule has 0 saturated carbocycles. The van der Waals surface area contributed by atoms with E-state index in [1.807, 2.05) is 35.9 Å². The molecule has 3 aliphatic rings. The van der Waals surface area contributed by atoms with E-state index in [4.69, 9.17) is 4.74 Å². The van der Waals surface area contributed by atoms with Crippen LogP contribution in [0.15, 0.2) is 42.5 Å². The maximum Gasteiger partial charge on any atom is 0.254 e. The molecule has 1 spiro atoms. The lowest BCUT2D eigenvalue weighted by molar-refractivity contribution is -0.139. The number of amides is 2. The van der Waals surface area contributed by atoms with Crippen LogP contribution < -0.4 is 4.90 Å². The quantitative estimate of drug-likeness (QED) is 0.695. The zero-order chi connectivity index (χ0) is 23.9. The van der Waals surface area contributed by atoms with Gasteiger partial charge >= 0.3 is 0 Å². The minimum absolute atomic E-state index is 0.0111. The number of anilines is 1. The molecule has 0 N–H and O–H groups in total. The summed E-state index contributed by atoms with van der Waals surface area (Å²) < 4.78 is 19.2. The first-order valence-corrected chi connectivity index (χ1v) is 12.1. The normalized spacial score (nSPS) is 25.3. The van der Waals surface area contributed by atoms with E-state index in [0.717, 1.165) is 42.7 Å². The highest BCUT2D eigenvalue weighted by Crippen LogP contribution is 2.46.